The minimum atomic E-state index is -2.88. The van der Waals surface area contributed by atoms with Crippen molar-refractivity contribution in [1.29, 1.82) is 0 Å². The van der Waals surface area contributed by atoms with Crippen molar-refractivity contribution in [2.24, 2.45) is 5.84 Å². The smallest absolute Gasteiger partial charge is 0.387 e. The highest BCUT2D eigenvalue weighted by molar-refractivity contribution is 6.42. The van der Waals surface area contributed by atoms with Crippen molar-refractivity contribution in [1.82, 2.24) is 5.43 Å². The average Bonchev–Trinajstić information content (AvgIpc) is 2.43. The zero-order valence-electron chi connectivity index (χ0n) is 10.7. The van der Waals surface area contributed by atoms with Gasteiger partial charge in [-0.05, 0) is 35.4 Å². The number of ether oxygens (including phenoxy) is 1. The van der Waals surface area contributed by atoms with Crippen LogP contribution in [0.3, 0.4) is 0 Å². The van der Waals surface area contributed by atoms with E-state index in [4.69, 9.17) is 29.0 Å². The van der Waals surface area contributed by atoms with Gasteiger partial charge in [0.15, 0.2) is 0 Å². The predicted molar refractivity (Wildman–Crippen MR) is 78.7 cm³/mol. The summed E-state index contributed by atoms with van der Waals surface area (Å²) in [5.74, 6) is 5.62. The van der Waals surface area contributed by atoms with E-state index in [2.05, 4.69) is 10.2 Å². The highest BCUT2D eigenvalue weighted by atomic mass is 35.5. The highest BCUT2D eigenvalue weighted by Crippen LogP contribution is 2.30. The monoisotopic (exact) mass is 332 g/mol. The highest BCUT2D eigenvalue weighted by Gasteiger charge is 2.15. The molecule has 21 heavy (non-hydrogen) atoms. The van der Waals surface area contributed by atoms with Gasteiger partial charge in [0.1, 0.15) is 5.75 Å². The largest absolute Gasteiger partial charge is 0.435 e. The lowest BCUT2D eigenvalue weighted by atomic mass is 9.99. The van der Waals surface area contributed by atoms with E-state index in [1.165, 1.54) is 12.1 Å². The molecule has 0 aliphatic carbocycles. The molecule has 1 unspecified atom stereocenters. The van der Waals surface area contributed by atoms with Crippen LogP contribution >= 0.6 is 23.2 Å². The van der Waals surface area contributed by atoms with Gasteiger partial charge in [-0.3, -0.25) is 5.84 Å². The molecule has 0 aliphatic heterocycles. The van der Waals surface area contributed by atoms with Gasteiger partial charge in [0.25, 0.3) is 0 Å². The summed E-state index contributed by atoms with van der Waals surface area (Å²) >= 11 is 11.8. The maximum Gasteiger partial charge on any atom is 0.387 e. The molecule has 0 fully saturated rings. The topological polar surface area (TPSA) is 47.3 Å². The third-order valence-electron chi connectivity index (χ3n) is 2.86. The number of nitrogens with two attached hydrogens (primary N) is 1. The molecule has 3 nitrogen and oxygen atoms in total. The molecule has 0 saturated heterocycles. The van der Waals surface area contributed by atoms with E-state index in [1.807, 2.05) is 0 Å². The summed E-state index contributed by atoms with van der Waals surface area (Å²) in [6.07, 6.45) is 0. The van der Waals surface area contributed by atoms with Crippen LogP contribution in [0.25, 0.3) is 0 Å². The van der Waals surface area contributed by atoms with Gasteiger partial charge in [-0.25, -0.2) is 5.43 Å². The Labute approximate surface area is 130 Å². The second-order valence-electron chi connectivity index (χ2n) is 4.22. The van der Waals surface area contributed by atoms with Crippen molar-refractivity contribution in [2.75, 3.05) is 0 Å². The van der Waals surface area contributed by atoms with Gasteiger partial charge in [-0.1, -0.05) is 41.4 Å². The molecule has 7 heteroatoms. The number of hydrogen-bond acceptors (Lipinski definition) is 3. The molecule has 0 saturated carbocycles. The third kappa shape index (κ3) is 4.04. The maximum atomic E-state index is 12.3. The Hall–Kier alpha value is -1.40. The van der Waals surface area contributed by atoms with Crippen LogP contribution in [-0.2, 0) is 0 Å². The van der Waals surface area contributed by atoms with Crippen molar-refractivity contribution in [3.05, 3.63) is 63.6 Å². The molecule has 2 rings (SSSR count). The molecule has 0 spiro atoms. The van der Waals surface area contributed by atoms with Gasteiger partial charge in [0, 0.05) is 0 Å². The average molecular weight is 333 g/mol. The van der Waals surface area contributed by atoms with Crippen LogP contribution in [0, 0.1) is 0 Å². The van der Waals surface area contributed by atoms with Crippen molar-refractivity contribution in [3.63, 3.8) is 0 Å². The summed E-state index contributed by atoms with van der Waals surface area (Å²) in [5.41, 5.74) is 4.03. The van der Waals surface area contributed by atoms with E-state index in [0.717, 1.165) is 5.56 Å². The van der Waals surface area contributed by atoms with E-state index in [-0.39, 0.29) is 5.75 Å². The minimum absolute atomic E-state index is 0.0582. The first kappa shape index (κ1) is 16.0. The number of halogens is 4. The number of benzene rings is 2. The summed E-state index contributed by atoms with van der Waals surface area (Å²) in [5, 5.41) is 0.806. The number of alkyl halides is 2. The molecule has 0 aromatic heterocycles. The van der Waals surface area contributed by atoms with Crippen molar-refractivity contribution in [2.45, 2.75) is 12.7 Å². The first-order valence-electron chi connectivity index (χ1n) is 5.97. The van der Waals surface area contributed by atoms with Crippen LogP contribution in [0.4, 0.5) is 8.78 Å². The molecule has 0 radical (unpaired) electrons. The SMILES string of the molecule is NNC(c1cccc(OC(F)F)c1)c1ccc(Cl)c(Cl)c1. The van der Waals surface area contributed by atoms with Crippen LogP contribution in [0.1, 0.15) is 17.2 Å². The van der Waals surface area contributed by atoms with Crippen molar-refractivity contribution < 1.29 is 13.5 Å². The lowest BCUT2D eigenvalue weighted by molar-refractivity contribution is -0.0498. The van der Waals surface area contributed by atoms with E-state index >= 15 is 0 Å². The summed E-state index contributed by atoms with van der Waals surface area (Å²) in [4.78, 5) is 0. The fraction of sp³-hybridized carbons (Fsp3) is 0.143. The van der Waals surface area contributed by atoms with E-state index in [9.17, 15) is 8.78 Å². The second kappa shape index (κ2) is 7.04. The Morgan fingerprint density at radius 2 is 1.71 bits per heavy atom. The van der Waals surface area contributed by atoms with Crippen molar-refractivity contribution >= 4 is 23.2 Å². The first-order chi connectivity index (χ1) is 10.0. The lowest BCUT2D eigenvalue weighted by Gasteiger charge is -2.18. The first-order valence-corrected chi connectivity index (χ1v) is 6.72. The number of hydrazine groups is 1. The molecule has 0 aliphatic rings. The van der Waals surface area contributed by atoms with Crippen LogP contribution < -0.4 is 16.0 Å². The molecule has 2 aromatic rings. The predicted octanol–water partition coefficient (Wildman–Crippen LogP) is 4.15. The molecule has 0 bridgehead atoms. The fourth-order valence-corrected chi connectivity index (χ4v) is 2.25. The van der Waals surface area contributed by atoms with Gasteiger partial charge >= 0.3 is 6.61 Å². The molecule has 2 aromatic carbocycles. The van der Waals surface area contributed by atoms with Gasteiger partial charge in [0.05, 0.1) is 16.1 Å². The number of rotatable bonds is 5. The minimum Gasteiger partial charge on any atom is -0.435 e. The summed E-state index contributed by atoms with van der Waals surface area (Å²) in [6.45, 7) is -2.88. The van der Waals surface area contributed by atoms with Crippen LogP contribution in [0.15, 0.2) is 42.5 Å². The molecule has 1 atom stereocenters. The van der Waals surface area contributed by atoms with Gasteiger partial charge in [-0.2, -0.15) is 8.78 Å². The lowest BCUT2D eigenvalue weighted by Crippen LogP contribution is -2.28. The Bertz CT molecular complexity index is 626. The molecule has 0 amide bonds. The zero-order chi connectivity index (χ0) is 15.4. The Morgan fingerprint density at radius 1 is 1.00 bits per heavy atom. The zero-order valence-corrected chi connectivity index (χ0v) is 12.2. The normalized spacial score (nSPS) is 12.5. The van der Waals surface area contributed by atoms with Crippen LogP contribution in [0.2, 0.25) is 10.0 Å². The van der Waals surface area contributed by atoms with Crippen LogP contribution in [-0.4, -0.2) is 6.61 Å². The number of hydrogen-bond donors (Lipinski definition) is 2. The van der Waals surface area contributed by atoms with Gasteiger partial charge in [-0.15, -0.1) is 0 Å². The van der Waals surface area contributed by atoms with E-state index in [0.29, 0.717) is 15.6 Å². The van der Waals surface area contributed by atoms with Crippen molar-refractivity contribution in [3.8, 4) is 5.75 Å². The molecular formula is C14H12Cl2F2N2O. The quantitative estimate of drug-likeness (QED) is 0.638. The molecule has 0 heterocycles. The number of nitrogens with one attached hydrogen (secondary N) is 1. The summed E-state index contributed by atoms with van der Waals surface area (Å²) in [7, 11) is 0. The summed E-state index contributed by atoms with van der Waals surface area (Å²) in [6, 6.07) is 10.9. The Balaban J connectivity index is 2.34. The fourth-order valence-electron chi connectivity index (χ4n) is 1.95. The van der Waals surface area contributed by atoms with Gasteiger partial charge < -0.3 is 4.74 Å². The van der Waals surface area contributed by atoms with Gasteiger partial charge in [0.2, 0.25) is 0 Å². The molecule has 112 valence electrons. The molecule has 3 N–H and O–H groups in total. The standard InChI is InChI=1S/C14H12Cl2F2N2O/c15-11-5-4-9(7-12(11)16)13(20-19)8-2-1-3-10(6-8)21-14(17)18/h1-7,13-14,20H,19H2. The Kier molecular flexibility index (Phi) is 5.36. The van der Waals surface area contributed by atoms with E-state index in [1.54, 1.807) is 30.3 Å². The van der Waals surface area contributed by atoms with E-state index < -0.39 is 12.7 Å². The third-order valence-corrected chi connectivity index (χ3v) is 3.60. The Morgan fingerprint density at radius 3 is 2.33 bits per heavy atom. The maximum absolute atomic E-state index is 12.3. The van der Waals surface area contributed by atoms with Crippen LogP contribution in [0.5, 0.6) is 5.75 Å². The second-order valence-corrected chi connectivity index (χ2v) is 5.04. The summed E-state index contributed by atoms with van der Waals surface area (Å²) < 4.78 is 28.9. The molecular weight excluding hydrogens is 321 g/mol.